The molecule has 0 aromatic heterocycles. The number of hydrogen-bond donors (Lipinski definition) is 1. The molecule has 71 heavy (non-hydrogen) atoms. The molecule has 9 nitrogen and oxygen atoms in total. The summed E-state index contributed by atoms with van der Waals surface area (Å²) in [4.78, 5) is 39.9. The van der Waals surface area contributed by atoms with Gasteiger partial charge in [-0.3, -0.25) is 14.2 Å². The molecule has 3 atom stereocenters. The van der Waals surface area contributed by atoms with Crippen molar-refractivity contribution < 1.29 is 37.3 Å². The van der Waals surface area contributed by atoms with E-state index in [4.69, 9.17) is 13.8 Å². The predicted molar refractivity (Wildman–Crippen MR) is 303 cm³/mol. The first-order valence-corrected chi connectivity index (χ1v) is 31.8. The van der Waals surface area contributed by atoms with Gasteiger partial charge < -0.3 is 28.5 Å². The second-order valence-electron chi connectivity index (χ2n) is 21.9. The fraction of sp³-hybridized carbons (Fsp3) is 0.869. The van der Waals surface area contributed by atoms with Crippen LogP contribution in [0.3, 0.4) is 0 Å². The van der Waals surface area contributed by atoms with E-state index in [0.717, 1.165) is 64.2 Å². The molecule has 0 saturated heterocycles. The van der Waals surface area contributed by atoms with Gasteiger partial charge in [0.1, 0.15) is 19.3 Å². The molecule has 0 aromatic rings. The van der Waals surface area contributed by atoms with E-state index in [9.17, 15) is 19.0 Å². The Balaban J connectivity index is 5.17. The van der Waals surface area contributed by atoms with Crippen molar-refractivity contribution in [2.75, 3.05) is 40.9 Å². The van der Waals surface area contributed by atoms with E-state index in [1.165, 1.54) is 193 Å². The number of unbranched alkanes of at least 4 members (excludes halogenated alkanes) is 35. The first-order valence-electron chi connectivity index (χ1n) is 30.3. The lowest BCUT2D eigenvalue weighted by Gasteiger charge is -2.30. The van der Waals surface area contributed by atoms with Crippen LogP contribution in [-0.4, -0.2) is 69.4 Å². The van der Waals surface area contributed by atoms with E-state index >= 15 is 0 Å². The summed E-state index contributed by atoms with van der Waals surface area (Å²) in [6, 6.07) is -0.884. The molecule has 0 fully saturated rings. The number of rotatable bonds is 55. The van der Waals surface area contributed by atoms with Crippen molar-refractivity contribution in [3.8, 4) is 0 Å². The zero-order valence-corrected chi connectivity index (χ0v) is 48.6. The number of nitrogens with zero attached hydrogens (tertiary/aromatic N) is 1. The molecule has 0 heterocycles. The number of phosphoric ester groups is 1. The van der Waals surface area contributed by atoms with Crippen LogP contribution in [0.5, 0.6) is 0 Å². The average molecular weight is 1020 g/mol. The van der Waals surface area contributed by atoms with Crippen molar-refractivity contribution in [1.82, 2.24) is 5.32 Å². The highest BCUT2D eigenvalue weighted by Gasteiger charge is 2.27. The van der Waals surface area contributed by atoms with Gasteiger partial charge in [0.15, 0.2) is 0 Å². The fourth-order valence-corrected chi connectivity index (χ4v) is 9.57. The van der Waals surface area contributed by atoms with Crippen LogP contribution in [0, 0.1) is 0 Å². The lowest BCUT2D eigenvalue weighted by atomic mass is 10.0. The summed E-state index contributed by atoms with van der Waals surface area (Å²) < 4.78 is 30.3. The van der Waals surface area contributed by atoms with Gasteiger partial charge in [-0.25, -0.2) is 0 Å². The summed E-state index contributed by atoms with van der Waals surface area (Å²) in [5.74, 6) is -0.533. The van der Waals surface area contributed by atoms with Crippen LogP contribution >= 0.6 is 7.82 Å². The maximum absolute atomic E-state index is 13.5. The van der Waals surface area contributed by atoms with Crippen molar-refractivity contribution in [2.24, 2.45) is 0 Å². The first kappa shape index (κ1) is 69.2. The highest BCUT2D eigenvalue weighted by Crippen LogP contribution is 2.38. The average Bonchev–Trinajstić information content (AvgIpc) is 3.33. The van der Waals surface area contributed by atoms with Gasteiger partial charge in [-0.15, -0.1) is 0 Å². The highest BCUT2D eigenvalue weighted by atomic mass is 31.2. The zero-order chi connectivity index (χ0) is 52.2. The maximum Gasteiger partial charge on any atom is 0.306 e. The Kier molecular flexibility index (Phi) is 50.4. The summed E-state index contributed by atoms with van der Waals surface area (Å²) in [6.45, 7) is 6.83. The van der Waals surface area contributed by atoms with E-state index in [1.54, 1.807) is 0 Å². The number of ether oxygens (including phenoxy) is 1. The van der Waals surface area contributed by atoms with E-state index in [-0.39, 0.29) is 31.5 Å². The minimum atomic E-state index is -4.69. The number of phosphoric acid groups is 1. The monoisotopic (exact) mass is 1020 g/mol. The van der Waals surface area contributed by atoms with Gasteiger partial charge in [-0.1, -0.05) is 250 Å². The Hall–Kier alpha value is -1.77. The van der Waals surface area contributed by atoms with Crippen molar-refractivity contribution in [2.45, 2.75) is 303 Å². The minimum Gasteiger partial charge on any atom is -0.756 e. The van der Waals surface area contributed by atoms with Crippen molar-refractivity contribution in [3.05, 3.63) is 36.5 Å². The Morgan fingerprint density at radius 2 is 0.859 bits per heavy atom. The van der Waals surface area contributed by atoms with Gasteiger partial charge in [0.25, 0.3) is 7.82 Å². The second-order valence-corrected chi connectivity index (χ2v) is 23.3. The molecule has 0 radical (unpaired) electrons. The molecular formula is C61H117N2O7P. The summed E-state index contributed by atoms with van der Waals surface area (Å²) in [5, 5.41) is 3.03. The fourth-order valence-electron chi connectivity index (χ4n) is 8.85. The molecule has 1 amide bonds. The van der Waals surface area contributed by atoms with Gasteiger partial charge in [0.2, 0.25) is 5.91 Å². The third kappa shape index (κ3) is 52.9. The third-order valence-corrected chi connectivity index (χ3v) is 14.5. The van der Waals surface area contributed by atoms with Gasteiger partial charge in [0.05, 0.1) is 33.8 Å². The lowest BCUT2D eigenvalue weighted by Crippen LogP contribution is -2.47. The minimum absolute atomic E-state index is 0.0204. The molecule has 1 N–H and O–H groups in total. The van der Waals surface area contributed by atoms with E-state index in [2.05, 4.69) is 50.4 Å². The van der Waals surface area contributed by atoms with Crippen LogP contribution in [0.2, 0.25) is 0 Å². The number of likely N-dealkylation sites (N-methyl/N-ethyl adjacent to an activating group) is 1. The van der Waals surface area contributed by atoms with Crippen molar-refractivity contribution >= 4 is 19.7 Å². The van der Waals surface area contributed by atoms with Crippen LogP contribution < -0.4 is 10.2 Å². The molecule has 0 saturated carbocycles. The Morgan fingerprint density at radius 3 is 1.30 bits per heavy atom. The van der Waals surface area contributed by atoms with Gasteiger partial charge in [0, 0.05) is 12.8 Å². The van der Waals surface area contributed by atoms with Gasteiger partial charge in [-0.05, 0) is 63.9 Å². The van der Waals surface area contributed by atoms with Crippen LogP contribution in [-0.2, 0) is 27.9 Å². The van der Waals surface area contributed by atoms with E-state index in [0.29, 0.717) is 17.4 Å². The molecule has 0 bridgehead atoms. The number of nitrogens with one attached hydrogen (secondary N) is 1. The molecule has 0 aromatic carbocycles. The Morgan fingerprint density at radius 1 is 0.493 bits per heavy atom. The highest BCUT2D eigenvalue weighted by molar-refractivity contribution is 7.45. The largest absolute Gasteiger partial charge is 0.756 e. The van der Waals surface area contributed by atoms with Crippen molar-refractivity contribution in [1.29, 1.82) is 0 Å². The molecular weight excluding hydrogens is 904 g/mol. The van der Waals surface area contributed by atoms with Crippen LogP contribution in [0.4, 0.5) is 0 Å². The number of quaternary nitrogens is 1. The standard InChI is InChI=1S/C61H117N2O7P/c1-7-10-13-16-19-22-25-27-28-29-30-31-32-33-34-36-38-41-44-47-50-53-60(64)62-58(57-69-71(66,67)68-56-55-63(4,5)6)59(52-49-46-43-40-37-24-21-18-15-12-9-3)70-61(65)54-51-48-45-42-39-35-26-23-20-17-14-11-8-2/h19,22,27-28,49,52,58-59H,7-18,20-21,23-26,29-48,50-51,53-57H2,1-6H3,(H-,62,64,66,67)/b22-19-,28-27-,52-49-. The Labute approximate surface area is 440 Å². The summed E-state index contributed by atoms with van der Waals surface area (Å²) in [7, 11) is 1.19. The van der Waals surface area contributed by atoms with Crippen LogP contribution in [0.15, 0.2) is 36.5 Å². The lowest BCUT2D eigenvalue weighted by molar-refractivity contribution is -0.870. The molecule has 0 aliphatic rings. The number of hydrogen-bond acceptors (Lipinski definition) is 7. The molecule has 0 rings (SSSR count). The zero-order valence-electron chi connectivity index (χ0n) is 47.7. The molecule has 418 valence electrons. The quantitative estimate of drug-likeness (QED) is 0.0212. The predicted octanol–water partition coefficient (Wildman–Crippen LogP) is 17.7. The number of amides is 1. The number of carbonyl (C=O) groups excluding carboxylic acids is 2. The van der Waals surface area contributed by atoms with Crippen molar-refractivity contribution in [3.63, 3.8) is 0 Å². The van der Waals surface area contributed by atoms with Gasteiger partial charge in [-0.2, -0.15) is 0 Å². The van der Waals surface area contributed by atoms with Crippen LogP contribution in [0.1, 0.15) is 290 Å². The molecule has 10 heteroatoms. The maximum atomic E-state index is 13.5. The number of esters is 1. The van der Waals surface area contributed by atoms with E-state index < -0.39 is 20.0 Å². The van der Waals surface area contributed by atoms with E-state index in [1.807, 2.05) is 33.3 Å². The summed E-state index contributed by atoms with van der Waals surface area (Å²) >= 11 is 0. The first-order chi connectivity index (χ1) is 34.4. The Bertz CT molecular complexity index is 1310. The normalized spacial score (nSPS) is 14.0. The van der Waals surface area contributed by atoms with Gasteiger partial charge >= 0.3 is 5.97 Å². The second kappa shape index (κ2) is 51.7. The smallest absolute Gasteiger partial charge is 0.306 e. The molecule has 3 unspecified atom stereocenters. The molecule has 0 aliphatic heterocycles. The molecule has 0 aliphatic carbocycles. The van der Waals surface area contributed by atoms with Crippen LogP contribution in [0.25, 0.3) is 0 Å². The SMILES string of the molecule is CCCCC/C=C\C/C=C\CCCCCCCCCCCCCC(=O)NC(COP(=O)([O-])OCC[N+](C)(C)C)C(/C=C\CCCCCCCCCCC)OC(=O)CCCCCCCCCCCCCCC. The number of allylic oxidation sites excluding steroid dienone is 5. The summed E-state index contributed by atoms with van der Waals surface area (Å²) in [6.07, 6.45) is 61.0. The number of carbonyl (C=O) groups is 2. The summed E-state index contributed by atoms with van der Waals surface area (Å²) in [5.41, 5.74) is 0. The molecule has 0 spiro atoms. The third-order valence-electron chi connectivity index (χ3n) is 13.6. The topological polar surface area (TPSA) is 114 Å².